The zero-order chi connectivity index (χ0) is 48.0. The van der Waals surface area contributed by atoms with Crippen LogP contribution in [0.15, 0.2) is 134 Å². The molecule has 11 rings (SSSR count). The van der Waals surface area contributed by atoms with E-state index in [2.05, 4.69) is 201 Å². The minimum absolute atomic E-state index is 0.0191. The Bertz CT molecular complexity index is 3750. The van der Waals surface area contributed by atoms with E-state index in [-0.39, 0.29) is 21.7 Å². The van der Waals surface area contributed by atoms with Crippen molar-refractivity contribution in [1.82, 2.24) is 19.1 Å². The first kappa shape index (κ1) is 43.6. The van der Waals surface area contributed by atoms with E-state index >= 15 is 0 Å². The van der Waals surface area contributed by atoms with Crippen LogP contribution in [0.3, 0.4) is 0 Å². The highest BCUT2D eigenvalue weighted by Crippen LogP contribution is 2.43. The molecule has 0 aliphatic heterocycles. The molecule has 3 heterocycles. The SMILES string of the molecule is CC(C)(C)c1ccc2c(c1)c1cc(C(C)(C)C)ccc1n2-c1ccc2c(c1)c1cc(-n3c4ccc(C(C)(C)C)cc4c4cc(C(C)(C)C)ccc43)ccc1c1nc(-c3cc(F)cc(F)c3)cnc21. The normalized spacial score (nSPS) is 13.1. The Morgan fingerprint density at radius 2 is 0.706 bits per heavy atom. The Hall–Kier alpha value is -6.92. The van der Waals surface area contributed by atoms with Gasteiger partial charge in [0, 0.05) is 55.3 Å². The van der Waals surface area contributed by atoms with Crippen molar-refractivity contribution in [3.05, 3.63) is 167 Å². The third-order valence-corrected chi connectivity index (χ3v) is 14.2. The van der Waals surface area contributed by atoms with Gasteiger partial charge in [0.1, 0.15) is 11.6 Å². The highest BCUT2D eigenvalue weighted by Gasteiger charge is 2.25. The third-order valence-electron chi connectivity index (χ3n) is 14.2. The lowest BCUT2D eigenvalue weighted by Gasteiger charge is -2.19. The fourth-order valence-electron chi connectivity index (χ4n) is 10.3. The van der Waals surface area contributed by atoms with E-state index in [1.54, 1.807) is 6.20 Å². The van der Waals surface area contributed by atoms with Gasteiger partial charge in [0.2, 0.25) is 0 Å². The van der Waals surface area contributed by atoms with Crippen LogP contribution in [0, 0.1) is 11.6 Å². The first-order chi connectivity index (χ1) is 32.0. The molecule has 0 fully saturated rings. The lowest BCUT2D eigenvalue weighted by molar-refractivity contribution is 0.584. The van der Waals surface area contributed by atoms with Crippen molar-refractivity contribution in [2.24, 2.45) is 0 Å². The molecule has 4 nitrogen and oxygen atoms in total. The van der Waals surface area contributed by atoms with Gasteiger partial charge in [0.25, 0.3) is 0 Å². The second-order valence-electron chi connectivity index (χ2n) is 23.2. The fraction of sp³-hybridized carbons (Fsp3) is 0.258. The van der Waals surface area contributed by atoms with Gasteiger partial charge in [-0.2, -0.15) is 0 Å². The van der Waals surface area contributed by atoms with Gasteiger partial charge < -0.3 is 9.13 Å². The number of rotatable bonds is 3. The molecule has 0 spiro atoms. The van der Waals surface area contributed by atoms with Crippen molar-refractivity contribution in [3.8, 4) is 22.6 Å². The van der Waals surface area contributed by atoms with Crippen LogP contribution in [-0.4, -0.2) is 19.1 Å². The van der Waals surface area contributed by atoms with Gasteiger partial charge in [-0.3, -0.25) is 4.98 Å². The summed E-state index contributed by atoms with van der Waals surface area (Å²) in [7, 11) is 0. The summed E-state index contributed by atoms with van der Waals surface area (Å²) in [6.07, 6.45) is 1.63. The van der Waals surface area contributed by atoms with Crippen molar-refractivity contribution in [2.75, 3.05) is 0 Å². The first-order valence-corrected chi connectivity index (χ1v) is 23.8. The van der Waals surface area contributed by atoms with Gasteiger partial charge in [-0.25, -0.2) is 13.8 Å². The molecule has 11 aromatic rings. The number of fused-ring (bicyclic) bond motifs is 12. The smallest absolute Gasteiger partial charge is 0.126 e. The number of benzene rings is 8. The lowest BCUT2D eigenvalue weighted by Crippen LogP contribution is -2.10. The van der Waals surface area contributed by atoms with E-state index in [9.17, 15) is 8.78 Å². The quantitative estimate of drug-likeness (QED) is 0.166. The standard InChI is InChI=1S/C62H58F2N4/c1-59(2,3)36-13-21-53-48(27-36)49-28-37(60(4,5)6)14-22-54(49)67(53)42-17-19-44-46(32-42)47-33-43(18-20-45(47)58-57(44)65-34-52(66-58)35-25-40(63)31-41(64)26-35)68-55-23-15-38(61(7,8)9)29-50(55)51-30-39(62(10,11)12)16-24-56(51)68/h13-34H,1-12H3. The molecule has 0 saturated heterocycles. The Kier molecular flexibility index (Phi) is 9.49. The number of halogens is 2. The fourth-order valence-corrected chi connectivity index (χ4v) is 10.3. The zero-order valence-corrected chi connectivity index (χ0v) is 41.2. The second-order valence-corrected chi connectivity index (χ2v) is 23.2. The maximum atomic E-state index is 14.7. The Morgan fingerprint density at radius 3 is 1.06 bits per heavy atom. The van der Waals surface area contributed by atoms with E-state index in [1.165, 1.54) is 55.9 Å². The van der Waals surface area contributed by atoms with E-state index in [0.717, 1.165) is 66.6 Å². The minimum Gasteiger partial charge on any atom is -0.309 e. The van der Waals surface area contributed by atoms with Crippen molar-refractivity contribution < 1.29 is 8.78 Å². The van der Waals surface area contributed by atoms with Crippen LogP contribution in [0.2, 0.25) is 0 Å². The molecule has 6 heteroatoms. The van der Waals surface area contributed by atoms with Gasteiger partial charge in [-0.1, -0.05) is 119 Å². The van der Waals surface area contributed by atoms with E-state index in [4.69, 9.17) is 9.97 Å². The monoisotopic (exact) mass is 896 g/mol. The van der Waals surface area contributed by atoms with E-state index in [0.29, 0.717) is 16.8 Å². The highest BCUT2D eigenvalue weighted by atomic mass is 19.1. The Morgan fingerprint density at radius 1 is 0.353 bits per heavy atom. The van der Waals surface area contributed by atoms with Crippen molar-refractivity contribution >= 4 is 76.2 Å². The van der Waals surface area contributed by atoms with Crippen molar-refractivity contribution in [1.29, 1.82) is 0 Å². The predicted molar refractivity (Wildman–Crippen MR) is 283 cm³/mol. The largest absolute Gasteiger partial charge is 0.309 e. The summed E-state index contributed by atoms with van der Waals surface area (Å²) in [5.74, 6) is -1.32. The topological polar surface area (TPSA) is 35.6 Å². The maximum absolute atomic E-state index is 14.7. The predicted octanol–water partition coefficient (Wildman–Crippen LogP) is 17.3. The van der Waals surface area contributed by atoms with Crippen LogP contribution in [-0.2, 0) is 21.7 Å². The molecule has 8 aromatic carbocycles. The molecule has 0 atom stereocenters. The number of hydrogen-bond acceptors (Lipinski definition) is 2. The first-order valence-electron chi connectivity index (χ1n) is 23.8. The molecule has 68 heavy (non-hydrogen) atoms. The molecule has 0 unspecified atom stereocenters. The molecule has 0 aliphatic rings. The van der Waals surface area contributed by atoms with Crippen LogP contribution in [0.4, 0.5) is 8.78 Å². The van der Waals surface area contributed by atoms with Crippen LogP contribution in [0.1, 0.15) is 105 Å². The summed E-state index contributed by atoms with van der Waals surface area (Å²) in [5.41, 5.74) is 13.8. The van der Waals surface area contributed by atoms with E-state index < -0.39 is 11.6 Å². The van der Waals surface area contributed by atoms with Crippen molar-refractivity contribution in [2.45, 2.75) is 105 Å². The molecule has 0 N–H and O–H groups in total. The Balaban J connectivity index is 1.23. The number of aromatic nitrogens is 4. The Labute approximate surface area is 397 Å². The summed E-state index contributed by atoms with van der Waals surface area (Å²) in [6.45, 7) is 27.3. The number of hydrogen-bond donors (Lipinski definition) is 0. The molecule has 3 aromatic heterocycles. The summed E-state index contributed by atoms with van der Waals surface area (Å²) >= 11 is 0. The maximum Gasteiger partial charge on any atom is 0.126 e. The van der Waals surface area contributed by atoms with Crippen LogP contribution in [0.5, 0.6) is 0 Å². The lowest BCUT2D eigenvalue weighted by atomic mass is 9.85. The van der Waals surface area contributed by atoms with Gasteiger partial charge >= 0.3 is 0 Å². The van der Waals surface area contributed by atoms with Crippen LogP contribution < -0.4 is 0 Å². The molecule has 0 amide bonds. The highest BCUT2D eigenvalue weighted by molar-refractivity contribution is 6.24. The molecule has 0 radical (unpaired) electrons. The summed E-state index contributed by atoms with van der Waals surface area (Å²) in [5, 5.41) is 8.77. The molecular formula is C62H58F2N4. The molecular weight excluding hydrogens is 839 g/mol. The second kappa shape index (κ2) is 14.8. The summed E-state index contributed by atoms with van der Waals surface area (Å²) in [4.78, 5) is 10.2. The number of nitrogens with zero attached hydrogens (tertiary/aromatic N) is 4. The minimum atomic E-state index is -0.660. The van der Waals surface area contributed by atoms with Gasteiger partial charge in [0.15, 0.2) is 0 Å². The summed E-state index contributed by atoms with van der Waals surface area (Å²) < 4.78 is 34.1. The van der Waals surface area contributed by atoms with E-state index in [1.807, 2.05) is 0 Å². The molecule has 340 valence electrons. The average Bonchev–Trinajstić information content (AvgIpc) is 3.78. The van der Waals surface area contributed by atoms with Gasteiger partial charge in [-0.05, 0) is 140 Å². The molecule has 0 saturated carbocycles. The summed E-state index contributed by atoms with van der Waals surface area (Å²) in [6, 6.07) is 44.5. The molecule has 0 bridgehead atoms. The molecule has 0 aliphatic carbocycles. The van der Waals surface area contributed by atoms with Crippen LogP contribution in [0.25, 0.3) is 98.8 Å². The zero-order valence-electron chi connectivity index (χ0n) is 41.2. The van der Waals surface area contributed by atoms with Crippen LogP contribution >= 0.6 is 0 Å². The third kappa shape index (κ3) is 7.05. The van der Waals surface area contributed by atoms with Crippen molar-refractivity contribution in [3.63, 3.8) is 0 Å². The average molecular weight is 897 g/mol. The van der Waals surface area contributed by atoms with Gasteiger partial charge in [-0.15, -0.1) is 0 Å². The van der Waals surface area contributed by atoms with Gasteiger partial charge in [0.05, 0.1) is 45.0 Å².